The van der Waals surface area contributed by atoms with Gasteiger partial charge in [0.25, 0.3) is 0 Å². The third kappa shape index (κ3) is 2.80. The average molecular weight is 253 g/mol. The topological polar surface area (TPSA) is 20.3 Å². The van der Waals surface area contributed by atoms with Gasteiger partial charge in [0.05, 0.1) is 0 Å². The lowest BCUT2D eigenvalue weighted by atomic mass is 10.1. The smallest absolute Gasteiger partial charge is 0.223 e. The standard InChI is InChI=1S/C13H16FNOS/c1-9-4-10(2-3-12(9)14)6-15-7-11(8-17)5-13(15)16/h2-4,11,17H,5-8H2,1H3. The van der Waals surface area contributed by atoms with Gasteiger partial charge in [-0.05, 0) is 35.8 Å². The highest BCUT2D eigenvalue weighted by Crippen LogP contribution is 2.21. The fraction of sp³-hybridized carbons (Fsp3) is 0.462. The van der Waals surface area contributed by atoms with Crippen molar-refractivity contribution in [3.05, 3.63) is 35.1 Å². The summed E-state index contributed by atoms with van der Waals surface area (Å²) in [5.41, 5.74) is 1.61. The van der Waals surface area contributed by atoms with Crippen LogP contribution in [0, 0.1) is 18.7 Å². The lowest BCUT2D eigenvalue weighted by Gasteiger charge is -2.16. The summed E-state index contributed by atoms with van der Waals surface area (Å²) in [4.78, 5) is 13.5. The molecule has 1 heterocycles. The fourth-order valence-electron chi connectivity index (χ4n) is 2.15. The first-order valence-electron chi connectivity index (χ1n) is 5.74. The third-order valence-electron chi connectivity index (χ3n) is 3.15. The highest BCUT2D eigenvalue weighted by atomic mass is 32.1. The molecule has 2 nitrogen and oxygen atoms in total. The Hall–Kier alpha value is -1.03. The van der Waals surface area contributed by atoms with Gasteiger partial charge in [0.2, 0.25) is 5.91 Å². The molecule has 0 spiro atoms. The van der Waals surface area contributed by atoms with E-state index in [1.54, 1.807) is 19.1 Å². The maximum Gasteiger partial charge on any atom is 0.223 e. The van der Waals surface area contributed by atoms with E-state index >= 15 is 0 Å². The van der Waals surface area contributed by atoms with Crippen LogP contribution in [-0.4, -0.2) is 23.1 Å². The molecule has 0 aliphatic carbocycles. The van der Waals surface area contributed by atoms with Gasteiger partial charge < -0.3 is 4.90 Å². The Bertz CT molecular complexity index is 435. The molecule has 1 aliphatic rings. The Morgan fingerprint density at radius 3 is 2.88 bits per heavy atom. The summed E-state index contributed by atoms with van der Waals surface area (Å²) in [5.74, 6) is 1.07. The first kappa shape index (κ1) is 12.4. The molecule has 0 aromatic heterocycles. The molecule has 0 radical (unpaired) electrons. The Labute approximate surface area is 106 Å². The van der Waals surface area contributed by atoms with Crippen LogP contribution >= 0.6 is 12.6 Å². The van der Waals surface area contributed by atoms with E-state index in [1.807, 2.05) is 4.90 Å². The zero-order valence-corrected chi connectivity index (χ0v) is 10.7. The Morgan fingerprint density at radius 2 is 2.29 bits per heavy atom. The van der Waals surface area contributed by atoms with E-state index in [-0.39, 0.29) is 11.7 Å². The van der Waals surface area contributed by atoms with Crippen LogP contribution in [0.25, 0.3) is 0 Å². The van der Waals surface area contributed by atoms with Gasteiger partial charge in [-0.15, -0.1) is 0 Å². The van der Waals surface area contributed by atoms with Gasteiger partial charge in [0.1, 0.15) is 5.82 Å². The van der Waals surface area contributed by atoms with Gasteiger partial charge in [-0.2, -0.15) is 12.6 Å². The summed E-state index contributed by atoms with van der Waals surface area (Å²) in [6, 6.07) is 5.00. The Balaban J connectivity index is 2.06. The Morgan fingerprint density at radius 1 is 1.53 bits per heavy atom. The van der Waals surface area contributed by atoms with Gasteiger partial charge >= 0.3 is 0 Å². The molecule has 1 aromatic carbocycles. The molecule has 17 heavy (non-hydrogen) atoms. The number of likely N-dealkylation sites (tertiary alicyclic amines) is 1. The second kappa shape index (κ2) is 5.08. The molecule has 0 saturated carbocycles. The number of aryl methyl sites for hydroxylation is 1. The van der Waals surface area contributed by atoms with E-state index in [9.17, 15) is 9.18 Å². The Kier molecular flexibility index (Phi) is 3.72. The van der Waals surface area contributed by atoms with Crippen LogP contribution in [0.15, 0.2) is 18.2 Å². The molecule has 4 heteroatoms. The van der Waals surface area contributed by atoms with Crippen molar-refractivity contribution in [3.8, 4) is 0 Å². The first-order chi connectivity index (χ1) is 8.10. The zero-order chi connectivity index (χ0) is 12.4. The summed E-state index contributed by atoms with van der Waals surface area (Å²) in [6.45, 7) is 3.07. The molecule has 2 rings (SSSR count). The van der Waals surface area contributed by atoms with Crippen LogP contribution in [-0.2, 0) is 11.3 Å². The number of carbonyl (C=O) groups excluding carboxylic acids is 1. The normalized spacial score (nSPS) is 20.1. The molecule has 0 N–H and O–H groups in total. The number of amides is 1. The number of nitrogens with zero attached hydrogens (tertiary/aromatic N) is 1. The molecule has 1 aliphatic heterocycles. The number of halogens is 1. The number of benzene rings is 1. The van der Waals surface area contributed by atoms with Crippen molar-refractivity contribution in [3.63, 3.8) is 0 Å². The van der Waals surface area contributed by atoms with Crippen LogP contribution in [0.5, 0.6) is 0 Å². The first-order valence-corrected chi connectivity index (χ1v) is 6.37. The van der Waals surface area contributed by atoms with Gasteiger partial charge in [0.15, 0.2) is 0 Å². The summed E-state index contributed by atoms with van der Waals surface area (Å²) < 4.78 is 13.1. The van der Waals surface area contributed by atoms with E-state index < -0.39 is 0 Å². The molecule has 1 unspecified atom stereocenters. The average Bonchev–Trinajstić information content (AvgIpc) is 2.65. The summed E-state index contributed by atoms with van der Waals surface area (Å²) in [5, 5.41) is 0. The number of hydrogen-bond acceptors (Lipinski definition) is 2. The van der Waals surface area contributed by atoms with E-state index in [0.717, 1.165) is 17.9 Å². The van der Waals surface area contributed by atoms with Crippen LogP contribution < -0.4 is 0 Å². The predicted octanol–water partition coefficient (Wildman–Crippen LogP) is 2.41. The summed E-state index contributed by atoms with van der Waals surface area (Å²) >= 11 is 4.22. The maximum absolute atomic E-state index is 13.1. The second-order valence-electron chi connectivity index (χ2n) is 4.61. The SMILES string of the molecule is Cc1cc(CN2CC(CS)CC2=O)ccc1F. The lowest BCUT2D eigenvalue weighted by Crippen LogP contribution is -2.24. The molecule has 1 fully saturated rings. The molecule has 1 amide bonds. The minimum Gasteiger partial charge on any atom is -0.338 e. The molecular weight excluding hydrogens is 237 g/mol. The molecule has 1 atom stereocenters. The van der Waals surface area contributed by atoms with Crippen molar-refractivity contribution in [1.82, 2.24) is 4.90 Å². The quantitative estimate of drug-likeness (QED) is 0.820. The largest absolute Gasteiger partial charge is 0.338 e. The molecule has 92 valence electrons. The van der Waals surface area contributed by atoms with Crippen LogP contribution in [0.4, 0.5) is 4.39 Å². The van der Waals surface area contributed by atoms with Crippen molar-refractivity contribution in [1.29, 1.82) is 0 Å². The molecule has 1 saturated heterocycles. The van der Waals surface area contributed by atoms with Crippen molar-refractivity contribution >= 4 is 18.5 Å². The van der Waals surface area contributed by atoms with Crippen molar-refractivity contribution in [2.45, 2.75) is 19.9 Å². The van der Waals surface area contributed by atoms with Crippen LogP contribution in [0.2, 0.25) is 0 Å². The zero-order valence-electron chi connectivity index (χ0n) is 9.82. The van der Waals surface area contributed by atoms with Crippen molar-refractivity contribution < 1.29 is 9.18 Å². The monoisotopic (exact) mass is 253 g/mol. The summed E-state index contributed by atoms with van der Waals surface area (Å²) in [6.07, 6.45) is 0.587. The molecule has 0 bridgehead atoms. The number of rotatable bonds is 3. The second-order valence-corrected chi connectivity index (χ2v) is 4.98. The van der Waals surface area contributed by atoms with Crippen LogP contribution in [0.3, 0.4) is 0 Å². The van der Waals surface area contributed by atoms with Gasteiger partial charge in [-0.3, -0.25) is 4.79 Å². The van der Waals surface area contributed by atoms with Gasteiger partial charge in [0, 0.05) is 19.5 Å². The molecular formula is C13H16FNOS. The highest BCUT2D eigenvalue weighted by Gasteiger charge is 2.28. The van der Waals surface area contributed by atoms with Crippen molar-refractivity contribution in [2.24, 2.45) is 5.92 Å². The van der Waals surface area contributed by atoms with E-state index in [2.05, 4.69) is 12.6 Å². The van der Waals surface area contributed by atoms with Gasteiger partial charge in [-0.1, -0.05) is 12.1 Å². The number of carbonyl (C=O) groups is 1. The number of hydrogen-bond donors (Lipinski definition) is 1. The number of thiol groups is 1. The lowest BCUT2D eigenvalue weighted by molar-refractivity contribution is -0.128. The third-order valence-corrected chi connectivity index (χ3v) is 3.66. The minimum absolute atomic E-state index is 0.172. The predicted molar refractivity (Wildman–Crippen MR) is 68.5 cm³/mol. The highest BCUT2D eigenvalue weighted by molar-refractivity contribution is 7.80. The van der Waals surface area contributed by atoms with Gasteiger partial charge in [-0.25, -0.2) is 4.39 Å². The maximum atomic E-state index is 13.1. The summed E-state index contributed by atoms with van der Waals surface area (Å²) in [7, 11) is 0. The van der Waals surface area contributed by atoms with Crippen LogP contribution in [0.1, 0.15) is 17.5 Å². The van der Waals surface area contributed by atoms with E-state index in [1.165, 1.54) is 6.07 Å². The molecule has 1 aromatic rings. The fourth-order valence-corrected chi connectivity index (χ4v) is 2.40. The van der Waals surface area contributed by atoms with E-state index in [4.69, 9.17) is 0 Å². The minimum atomic E-state index is -0.199. The van der Waals surface area contributed by atoms with E-state index in [0.29, 0.717) is 24.4 Å². The van der Waals surface area contributed by atoms with Crippen molar-refractivity contribution in [2.75, 3.05) is 12.3 Å².